The summed E-state index contributed by atoms with van der Waals surface area (Å²) in [5.74, 6) is -1.02. The highest BCUT2D eigenvalue weighted by Crippen LogP contribution is 2.24. The first-order valence-corrected chi connectivity index (χ1v) is 7.07. The van der Waals surface area contributed by atoms with Crippen molar-refractivity contribution >= 4 is 15.9 Å². The molecule has 2 N–H and O–H groups in total. The largest absolute Gasteiger partial charge is 0.329 e. The molecule has 0 aromatic heterocycles. The van der Waals surface area contributed by atoms with Gasteiger partial charge in [-0.1, -0.05) is 0 Å². The molecule has 1 atom stereocenters. The van der Waals surface area contributed by atoms with Crippen molar-refractivity contribution in [3.63, 3.8) is 0 Å². The first-order valence-electron chi connectivity index (χ1n) is 6.28. The Morgan fingerprint density at radius 1 is 1.37 bits per heavy atom. The summed E-state index contributed by atoms with van der Waals surface area (Å²) in [6.45, 7) is 3.22. The Morgan fingerprint density at radius 2 is 2.11 bits per heavy atom. The second kappa shape index (κ2) is 6.26. The highest BCUT2D eigenvalue weighted by atomic mass is 79.9. The van der Waals surface area contributed by atoms with E-state index >= 15 is 0 Å². The number of hydrogen-bond donors (Lipinski definition) is 1. The normalized spacial score (nSPS) is 21.8. The van der Waals surface area contributed by atoms with Crippen molar-refractivity contribution in [1.29, 1.82) is 0 Å². The van der Waals surface area contributed by atoms with Crippen LogP contribution < -0.4 is 5.73 Å². The summed E-state index contributed by atoms with van der Waals surface area (Å²) < 4.78 is 28.0. The first kappa shape index (κ1) is 14.8. The molecule has 1 aliphatic heterocycles. The molecule has 1 fully saturated rings. The summed E-state index contributed by atoms with van der Waals surface area (Å²) in [4.78, 5) is 4.23. The minimum absolute atomic E-state index is 0.109. The van der Waals surface area contributed by atoms with Crippen LogP contribution in [0, 0.1) is 11.6 Å². The summed E-state index contributed by atoms with van der Waals surface area (Å²) in [5, 5.41) is 0. The highest BCUT2D eigenvalue weighted by molar-refractivity contribution is 9.10. The Bertz CT molecular complexity index is 456. The number of rotatable bonds is 3. The summed E-state index contributed by atoms with van der Waals surface area (Å²) in [5.41, 5.74) is 5.86. The van der Waals surface area contributed by atoms with E-state index in [1.54, 1.807) is 0 Å². The fourth-order valence-corrected chi connectivity index (χ4v) is 2.77. The van der Waals surface area contributed by atoms with E-state index in [4.69, 9.17) is 5.73 Å². The van der Waals surface area contributed by atoms with Gasteiger partial charge in [0.25, 0.3) is 0 Å². The van der Waals surface area contributed by atoms with Gasteiger partial charge in [0.15, 0.2) is 0 Å². The molecule has 3 nitrogen and oxygen atoms in total. The SMILES string of the molecule is CN1CCN(Cc2c(F)ccc(Br)c2F)C(CN)C1. The number of likely N-dealkylation sites (N-methyl/N-ethyl adjacent to an activating group) is 1. The molecule has 1 unspecified atom stereocenters. The van der Waals surface area contributed by atoms with Crippen LogP contribution >= 0.6 is 15.9 Å². The van der Waals surface area contributed by atoms with Crippen LogP contribution in [0.5, 0.6) is 0 Å². The van der Waals surface area contributed by atoms with Gasteiger partial charge in [-0.15, -0.1) is 0 Å². The zero-order valence-corrected chi connectivity index (χ0v) is 12.5. The number of benzene rings is 1. The van der Waals surface area contributed by atoms with Crippen molar-refractivity contribution in [1.82, 2.24) is 9.80 Å². The Kier molecular flexibility index (Phi) is 4.89. The van der Waals surface area contributed by atoms with E-state index in [2.05, 4.69) is 20.8 Å². The summed E-state index contributed by atoms with van der Waals surface area (Å²) in [6.07, 6.45) is 0. The lowest BCUT2D eigenvalue weighted by atomic mass is 10.1. The highest BCUT2D eigenvalue weighted by Gasteiger charge is 2.26. The van der Waals surface area contributed by atoms with Gasteiger partial charge in [0.1, 0.15) is 11.6 Å². The van der Waals surface area contributed by atoms with E-state index in [1.165, 1.54) is 12.1 Å². The van der Waals surface area contributed by atoms with E-state index in [0.717, 1.165) is 19.6 Å². The molecule has 1 aromatic rings. The molecule has 1 heterocycles. The third-order valence-electron chi connectivity index (χ3n) is 3.58. The van der Waals surface area contributed by atoms with Crippen LogP contribution in [-0.4, -0.2) is 49.1 Å². The van der Waals surface area contributed by atoms with Gasteiger partial charge < -0.3 is 10.6 Å². The van der Waals surface area contributed by atoms with Crippen molar-refractivity contribution < 1.29 is 8.78 Å². The minimum Gasteiger partial charge on any atom is -0.329 e. The smallest absolute Gasteiger partial charge is 0.144 e. The van der Waals surface area contributed by atoms with E-state index in [-0.39, 0.29) is 18.2 Å². The fourth-order valence-electron chi connectivity index (χ4n) is 2.40. The number of hydrogen-bond acceptors (Lipinski definition) is 3. The zero-order valence-electron chi connectivity index (χ0n) is 10.9. The van der Waals surface area contributed by atoms with Crippen molar-refractivity contribution in [2.24, 2.45) is 5.73 Å². The first-order chi connectivity index (χ1) is 9.02. The van der Waals surface area contributed by atoms with E-state index in [9.17, 15) is 8.78 Å². The molecular weight excluding hydrogens is 316 g/mol. The lowest BCUT2D eigenvalue weighted by molar-refractivity contribution is 0.0860. The van der Waals surface area contributed by atoms with Gasteiger partial charge in [-0.05, 0) is 35.1 Å². The minimum atomic E-state index is -0.519. The number of nitrogens with zero attached hydrogens (tertiary/aromatic N) is 2. The summed E-state index contributed by atoms with van der Waals surface area (Å²) in [6, 6.07) is 2.81. The van der Waals surface area contributed by atoms with Gasteiger partial charge in [-0.25, -0.2) is 8.78 Å². The van der Waals surface area contributed by atoms with Crippen molar-refractivity contribution in [2.45, 2.75) is 12.6 Å². The van der Waals surface area contributed by atoms with E-state index in [0.29, 0.717) is 11.0 Å². The predicted molar refractivity (Wildman–Crippen MR) is 74.8 cm³/mol. The maximum absolute atomic E-state index is 14.0. The monoisotopic (exact) mass is 333 g/mol. The van der Waals surface area contributed by atoms with Crippen LogP contribution in [0.25, 0.3) is 0 Å². The number of piperazine rings is 1. The molecule has 0 radical (unpaired) electrons. The molecule has 0 saturated carbocycles. The zero-order chi connectivity index (χ0) is 14.0. The second-order valence-electron chi connectivity index (χ2n) is 4.94. The third kappa shape index (κ3) is 3.31. The van der Waals surface area contributed by atoms with Crippen molar-refractivity contribution in [2.75, 3.05) is 33.2 Å². The van der Waals surface area contributed by atoms with Crippen LogP contribution in [-0.2, 0) is 6.54 Å². The predicted octanol–water partition coefficient (Wildman–Crippen LogP) is 1.80. The average molecular weight is 334 g/mol. The van der Waals surface area contributed by atoms with Gasteiger partial charge in [-0.3, -0.25) is 4.90 Å². The van der Waals surface area contributed by atoms with Crippen LogP contribution in [0.2, 0.25) is 0 Å². The lowest BCUT2D eigenvalue weighted by Crippen LogP contribution is -2.54. The second-order valence-corrected chi connectivity index (χ2v) is 5.80. The molecule has 1 saturated heterocycles. The van der Waals surface area contributed by atoms with Gasteiger partial charge in [-0.2, -0.15) is 0 Å². The molecule has 106 valence electrons. The average Bonchev–Trinajstić information content (AvgIpc) is 2.40. The Balaban J connectivity index is 2.18. The molecule has 1 aliphatic rings. The van der Waals surface area contributed by atoms with Crippen LogP contribution in [0.3, 0.4) is 0 Å². The quantitative estimate of drug-likeness (QED) is 0.856. The number of nitrogens with two attached hydrogens (primary N) is 1. The molecule has 1 aromatic carbocycles. The molecule has 0 aliphatic carbocycles. The third-order valence-corrected chi connectivity index (χ3v) is 4.19. The van der Waals surface area contributed by atoms with E-state index < -0.39 is 11.6 Å². The molecule has 19 heavy (non-hydrogen) atoms. The molecular formula is C13H18BrF2N3. The summed E-state index contributed by atoms with van der Waals surface area (Å²) in [7, 11) is 2.03. The summed E-state index contributed by atoms with van der Waals surface area (Å²) >= 11 is 3.09. The fraction of sp³-hybridized carbons (Fsp3) is 0.538. The lowest BCUT2D eigenvalue weighted by Gasteiger charge is -2.39. The number of halogens is 3. The molecule has 0 bridgehead atoms. The van der Waals surface area contributed by atoms with Gasteiger partial charge >= 0.3 is 0 Å². The Morgan fingerprint density at radius 3 is 2.79 bits per heavy atom. The Labute approximate surface area is 120 Å². The van der Waals surface area contributed by atoms with Crippen molar-refractivity contribution in [3.05, 3.63) is 33.8 Å². The molecule has 0 spiro atoms. The standard InChI is InChI=1S/C13H18BrF2N3/c1-18-4-5-19(9(6-17)7-18)8-10-12(15)3-2-11(14)13(10)16/h2-3,9H,4-8,17H2,1H3. The Hall–Kier alpha value is -0.560. The topological polar surface area (TPSA) is 32.5 Å². The maximum Gasteiger partial charge on any atom is 0.144 e. The van der Waals surface area contributed by atoms with Crippen LogP contribution in [0.15, 0.2) is 16.6 Å². The molecule has 0 amide bonds. The van der Waals surface area contributed by atoms with Gasteiger partial charge in [0, 0.05) is 44.3 Å². The van der Waals surface area contributed by atoms with E-state index in [1.807, 2.05) is 11.9 Å². The maximum atomic E-state index is 14.0. The van der Waals surface area contributed by atoms with Gasteiger partial charge in [0.2, 0.25) is 0 Å². The molecule has 2 rings (SSSR count). The van der Waals surface area contributed by atoms with Crippen molar-refractivity contribution in [3.8, 4) is 0 Å². The van der Waals surface area contributed by atoms with Crippen LogP contribution in [0.1, 0.15) is 5.56 Å². The van der Waals surface area contributed by atoms with Gasteiger partial charge in [0.05, 0.1) is 4.47 Å². The molecule has 6 heteroatoms. The van der Waals surface area contributed by atoms with Crippen LogP contribution in [0.4, 0.5) is 8.78 Å².